The van der Waals surface area contributed by atoms with E-state index in [4.69, 9.17) is 4.42 Å². The van der Waals surface area contributed by atoms with Crippen LogP contribution in [0.15, 0.2) is 53.1 Å². The molecule has 190 valence electrons. The molecule has 12 heteroatoms. The van der Waals surface area contributed by atoms with Crippen molar-refractivity contribution in [2.24, 2.45) is 0 Å². The summed E-state index contributed by atoms with van der Waals surface area (Å²) in [6, 6.07) is 11.1. The van der Waals surface area contributed by atoms with Crippen LogP contribution in [0, 0.1) is 0 Å². The van der Waals surface area contributed by atoms with Crippen LogP contribution in [0.5, 0.6) is 0 Å². The minimum atomic E-state index is -4.90. The zero-order chi connectivity index (χ0) is 25.7. The highest BCUT2D eigenvalue weighted by atomic mass is 19.4. The van der Waals surface area contributed by atoms with Gasteiger partial charge in [0.15, 0.2) is 5.69 Å². The molecule has 1 aromatic carbocycles. The van der Waals surface area contributed by atoms with Gasteiger partial charge < -0.3 is 24.9 Å². The normalized spacial score (nSPS) is 14.0. The predicted molar refractivity (Wildman–Crippen MR) is 127 cm³/mol. The van der Waals surface area contributed by atoms with Crippen molar-refractivity contribution >= 4 is 23.4 Å². The van der Waals surface area contributed by atoms with Gasteiger partial charge in [-0.15, -0.1) is 0 Å². The third-order valence-electron chi connectivity index (χ3n) is 5.54. The number of aromatic nitrogens is 2. The summed E-state index contributed by atoms with van der Waals surface area (Å²) in [5, 5.41) is 5.25. The van der Waals surface area contributed by atoms with Crippen LogP contribution in [-0.4, -0.2) is 59.5 Å². The minimum absolute atomic E-state index is 0.0935. The molecule has 4 rings (SSSR count). The third kappa shape index (κ3) is 5.75. The van der Waals surface area contributed by atoms with Crippen molar-refractivity contribution in [2.45, 2.75) is 19.5 Å². The fourth-order valence-electron chi connectivity index (χ4n) is 3.69. The number of urea groups is 1. The number of hydrogen-bond donors (Lipinski definition) is 2. The van der Waals surface area contributed by atoms with Crippen molar-refractivity contribution in [1.82, 2.24) is 20.2 Å². The van der Waals surface area contributed by atoms with E-state index in [9.17, 15) is 22.8 Å². The van der Waals surface area contributed by atoms with Crippen molar-refractivity contribution in [1.29, 1.82) is 0 Å². The van der Waals surface area contributed by atoms with Gasteiger partial charge in [-0.3, -0.25) is 4.79 Å². The lowest BCUT2D eigenvalue weighted by atomic mass is 10.2. The maximum atomic E-state index is 13.5. The molecule has 2 aromatic heterocycles. The molecule has 3 aromatic rings. The molecule has 1 saturated heterocycles. The molecule has 3 heterocycles. The highest BCUT2D eigenvalue weighted by Gasteiger charge is 2.42. The summed E-state index contributed by atoms with van der Waals surface area (Å²) in [6.07, 6.45) is -2.68. The number of anilines is 2. The molecule has 0 aliphatic carbocycles. The smallest absolute Gasteiger partial charge is 0.431 e. The van der Waals surface area contributed by atoms with E-state index < -0.39 is 23.5 Å². The van der Waals surface area contributed by atoms with Gasteiger partial charge in [0.1, 0.15) is 5.82 Å². The number of rotatable bonds is 6. The molecule has 1 fully saturated rings. The molecule has 36 heavy (non-hydrogen) atoms. The zero-order valence-electron chi connectivity index (χ0n) is 19.5. The molecule has 0 spiro atoms. The van der Waals surface area contributed by atoms with E-state index in [0.29, 0.717) is 44.1 Å². The number of pyridine rings is 1. The maximum Gasteiger partial charge on any atom is 0.452 e. The number of amides is 3. The number of alkyl halides is 3. The largest absolute Gasteiger partial charge is 0.452 e. The van der Waals surface area contributed by atoms with Crippen LogP contribution in [-0.2, 0) is 6.18 Å². The average Bonchev–Trinajstić information content (AvgIpc) is 3.35. The maximum absolute atomic E-state index is 13.5. The number of piperazine rings is 1. The Morgan fingerprint density at radius 3 is 2.39 bits per heavy atom. The molecule has 0 atom stereocenters. The van der Waals surface area contributed by atoms with Crippen molar-refractivity contribution in [2.75, 3.05) is 42.9 Å². The van der Waals surface area contributed by atoms with Gasteiger partial charge in [-0.25, -0.2) is 14.8 Å². The van der Waals surface area contributed by atoms with E-state index in [1.54, 1.807) is 35.2 Å². The van der Waals surface area contributed by atoms with Crippen LogP contribution in [0.3, 0.4) is 0 Å². The Bertz CT molecular complexity index is 1190. The number of nitrogens with one attached hydrogen (secondary N) is 2. The first-order valence-corrected chi connectivity index (χ1v) is 11.4. The fraction of sp³-hybridized carbons (Fsp3) is 0.333. The number of benzene rings is 1. The summed E-state index contributed by atoms with van der Waals surface area (Å²) in [6.45, 7) is 4.83. The van der Waals surface area contributed by atoms with Crippen LogP contribution in [0.4, 0.5) is 29.5 Å². The number of carbonyl (C=O) groups is 2. The summed E-state index contributed by atoms with van der Waals surface area (Å²) in [4.78, 5) is 36.6. The number of nitrogens with zero attached hydrogens (tertiary/aromatic N) is 4. The minimum Gasteiger partial charge on any atom is -0.431 e. The quantitative estimate of drug-likeness (QED) is 0.523. The predicted octanol–water partition coefficient (Wildman–Crippen LogP) is 4.25. The first-order chi connectivity index (χ1) is 17.3. The van der Waals surface area contributed by atoms with Crippen LogP contribution >= 0.6 is 0 Å². The van der Waals surface area contributed by atoms with E-state index in [-0.39, 0.29) is 17.6 Å². The van der Waals surface area contributed by atoms with Crippen LogP contribution < -0.4 is 15.5 Å². The highest BCUT2D eigenvalue weighted by molar-refractivity contribution is 6.04. The Labute approximate surface area is 205 Å². The molecule has 0 radical (unpaired) electrons. The van der Waals surface area contributed by atoms with E-state index >= 15 is 0 Å². The Balaban J connectivity index is 1.42. The van der Waals surface area contributed by atoms with Gasteiger partial charge in [0, 0.05) is 38.3 Å². The molecule has 1 aliphatic rings. The number of oxazole rings is 1. The highest BCUT2D eigenvalue weighted by Crippen LogP contribution is 2.35. The molecule has 1 aliphatic heterocycles. The molecule has 9 nitrogen and oxygen atoms in total. The monoisotopic (exact) mass is 502 g/mol. The topological polar surface area (TPSA) is 104 Å². The van der Waals surface area contributed by atoms with Gasteiger partial charge in [-0.2, -0.15) is 13.2 Å². The second-order valence-electron chi connectivity index (χ2n) is 8.13. The van der Waals surface area contributed by atoms with Crippen molar-refractivity contribution in [3.05, 3.63) is 60.1 Å². The van der Waals surface area contributed by atoms with Crippen molar-refractivity contribution < 1.29 is 27.2 Å². The number of carbonyl (C=O) groups excluding carboxylic acids is 2. The summed E-state index contributed by atoms with van der Waals surface area (Å²) < 4.78 is 45.5. The molecular weight excluding hydrogens is 477 g/mol. The molecule has 0 bridgehead atoms. The Kier molecular flexibility index (Phi) is 7.41. The van der Waals surface area contributed by atoms with Crippen molar-refractivity contribution in [3.63, 3.8) is 0 Å². The first kappa shape index (κ1) is 25.0. The average molecular weight is 502 g/mol. The first-order valence-electron chi connectivity index (χ1n) is 11.4. The van der Waals surface area contributed by atoms with Gasteiger partial charge in [0.25, 0.3) is 5.91 Å². The molecule has 0 unspecified atom stereocenters. The molecule has 3 amide bonds. The lowest BCUT2D eigenvalue weighted by Crippen LogP contribution is -2.52. The van der Waals surface area contributed by atoms with E-state index in [2.05, 4.69) is 20.6 Å². The lowest BCUT2D eigenvalue weighted by Gasteiger charge is -2.35. The Morgan fingerprint density at radius 2 is 1.78 bits per heavy atom. The Morgan fingerprint density at radius 1 is 1.06 bits per heavy atom. The third-order valence-corrected chi connectivity index (χ3v) is 5.54. The van der Waals surface area contributed by atoms with Gasteiger partial charge in [-0.05, 0) is 30.7 Å². The van der Waals surface area contributed by atoms with Gasteiger partial charge in [0.05, 0.1) is 11.9 Å². The molecule has 0 saturated carbocycles. The van der Waals surface area contributed by atoms with Crippen LogP contribution in [0.25, 0.3) is 11.5 Å². The van der Waals surface area contributed by atoms with E-state index in [0.717, 1.165) is 6.42 Å². The van der Waals surface area contributed by atoms with Gasteiger partial charge in [0.2, 0.25) is 11.7 Å². The van der Waals surface area contributed by atoms with Gasteiger partial charge in [-0.1, -0.05) is 25.1 Å². The SMILES string of the molecule is CCCNC(=O)N1CCN(c2ccc(NC(=O)c3nc(-c4ccccc4)oc3C(F)(F)F)cn2)CC1. The number of halogens is 3. The second-order valence-corrected chi connectivity index (χ2v) is 8.13. The van der Waals surface area contributed by atoms with Crippen LogP contribution in [0.1, 0.15) is 29.6 Å². The lowest BCUT2D eigenvalue weighted by molar-refractivity contribution is -0.153. The van der Waals surface area contributed by atoms with Gasteiger partial charge >= 0.3 is 12.2 Å². The zero-order valence-corrected chi connectivity index (χ0v) is 19.5. The summed E-state index contributed by atoms with van der Waals surface area (Å²) in [5.41, 5.74) is -0.336. The van der Waals surface area contributed by atoms with Crippen LogP contribution in [0.2, 0.25) is 0 Å². The summed E-state index contributed by atoms with van der Waals surface area (Å²) in [7, 11) is 0. The van der Waals surface area contributed by atoms with E-state index in [1.165, 1.54) is 18.3 Å². The fourth-order valence-corrected chi connectivity index (χ4v) is 3.69. The Hall–Kier alpha value is -4.09. The molecule has 2 N–H and O–H groups in total. The second kappa shape index (κ2) is 10.7. The number of hydrogen-bond acceptors (Lipinski definition) is 6. The summed E-state index contributed by atoms with van der Waals surface area (Å²) >= 11 is 0. The van der Waals surface area contributed by atoms with Crippen molar-refractivity contribution in [3.8, 4) is 11.5 Å². The standard InChI is InChI=1S/C24H25F3N6O3/c1-2-10-28-23(35)33-13-11-32(12-14-33)18-9-8-17(15-29-18)30-21(34)19-20(24(25,26)27)36-22(31-19)16-6-4-3-5-7-16/h3-9,15H,2,10-14H2,1H3,(H,28,35)(H,30,34). The summed E-state index contributed by atoms with van der Waals surface area (Å²) in [5.74, 6) is -2.20. The molecular formula is C24H25F3N6O3. The van der Waals surface area contributed by atoms with E-state index in [1.807, 2.05) is 11.8 Å².